The molecule has 0 saturated carbocycles. The van der Waals surface area contributed by atoms with Crippen LogP contribution in [0.15, 0.2) is 0 Å². The standard InChI is InChI=1S/C10H17ClO2/c1-7(2)10-5-8(3-4-13-10)9(12)6-11/h7-8,10H,3-6H2,1-2H3/t8-,10-/m1/s1. The van der Waals surface area contributed by atoms with Crippen LogP contribution in [0.1, 0.15) is 26.7 Å². The van der Waals surface area contributed by atoms with Crippen LogP contribution in [0.4, 0.5) is 0 Å². The molecule has 0 unspecified atom stereocenters. The van der Waals surface area contributed by atoms with Crippen LogP contribution in [0.5, 0.6) is 0 Å². The Hall–Kier alpha value is -0.0800. The average molecular weight is 205 g/mol. The molecule has 0 aliphatic carbocycles. The smallest absolute Gasteiger partial charge is 0.150 e. The summed E-state index contributed by atoms with van der Waals surface area (Å²) in [6, 6.07) is 0. The zero-order chi connectivity index (χ0) is 9.84. The van der Waals surface area contributed by atoms with Gasteiger partial charge in [-0.1, -0.05) is 13.8 Å². The number of halogens is 1. The van der Waals surface area contributed by atoms with Crippen LogP contribution >= 0.6 is 11.6 Å². The minimum atomic E-state index is 0.138. The lowest BCUT2D eigenvalue weighted by Gasteiger charge is -2.30. The van der Waals surface area contributed by atoms with Crippen molar-refractivity contribution < 1.29 is 9.53 Å². The van der Waals surface area contributed by atoms with Crippen molar-refractivity contribution in [1.82, 2.24) is 0 Å². The molecule has 1 aliphatic heterocycles. The van der Waals surface area contributed by atoms with Crippen molar-refractivity contribution >= 4 is 17.4 Å². The van der Waals surface area contributed by atoms with Crippen LogP contribution in [0.3, 0.4) is 0 Å². The van der Waals surface area contributed by atoms with Crippen molar-refractivity contribution in [2.45, 2.75) is 32.8 Å². The third kappa shape index (κ3) is 2.96. The molecule has 0 aromatic heterocycles. The van der Waals surface area contributed by atoms with Crippen LogP contribution in [0, 0.1) is 11.8 Å². The highest BCUT2D eigenvalue weighted by Gasteiger charge is 2.28. The summed E-state index contributed by atoms with van der Waals surface area (Å²) in [5.41, 5.74) is 0. The molecular formula is C10H17ClO2. The number of hydrogen-bond donors (Lipinski definition) is 0. The molecule has 1 rings (SSSR count). The Labute approximate surface area is 84.6 Å². The maximum absolute atomic E-state index is 11.3. The van der Waals surface area contributed by atoms with Crippen molar-refractivity contribution in [1.29, 1.82) is 0 Å². The predicted octanol–water partition coefficient (Wildman–Crippen LogP) is 2.25. The number of ketones is 1. The van der Waals surface area contributed by atoms with Crippen LogP contribution in [0.2, 0.25) is 0 Å². The zero-order valence-corrected chi connectivity index (χ0v) is 9.01. The Bertz CT molecular complexity index is 180. The SMILES string of the molecule is CC(C)[C@H]1C[C@H](C(=O)CCl)CCO1. The minimum Gasteiger partial charge on any atom is -0.378 e. The Morgan fingerprint density at radius 1 is 1.62 bits per heavy atom. The van der Waals surface area contributed by atoms with E-state index in [9.17, 15) is 4.79 Å². The molecule has 0 bridgehead atoms. The van der Waals surface area contributed by atoms with Gasteiger partial charge in [0.1, 0.15) is 0 Å². The summed E-state index contributed by atoms with van der Waals surface area (Å²) in [5.74, 6) is 0.954. The molecule has 0 amide bonds. The fraction of sp³-hybridized carbons (Fsp3) is 0.900. The van der Waals surface area contributed by atoms with Gasteiger partial charge in [-0.15, -0.1) is 11.6 Å². The average Bonchev–Trinajstić information content (AvgIpc) is 2.17. The second kappa shape index (κ2) is 4.97. The van der Waals surface area contributed by atoms with Gasteiger partial charge >= 0.3 is 0 Å². The molecule has 76 valence electrons. The van der Waals surface area contributed by atoms with E-state index in [1.54, 1.807) is 0 Å². The quantitative estimate of drug-likeness (QED) is 0.660. The highest BCUT2D eigenvalue weighted by Crippen LogP contribution is 2.25. The van der Waals surface area contributed by atoms with Gasteiger partial charge in [-0.25, -0.2) is 0 Å². The van der Waals surface area contributed by atoms with Gasteiger partial charge in [-0.05, 0) is 18.8 Å². The third-order valence-corrected chi connectivity index (χ3v) is 2.91. The maximum atomic E-state index is 11.3. The maximum Gasteiger partial charge on any atom is 0.150 e. The van der Waals surface area contributed by atoms with Crippen molar-refractivity contribution in [3.05, 3.63) is 0 Å². The Balaban J connectivity index is 2.46. The molecule has 0 N–H and O–H groups in total. The normalized spacial score (nSPS) is 29.2. The molecule has 3 heteroatoms. The van der Waals surface area contributed by atoms with E-state index < -0.39 is 0 Å². The first-order chi connectivity index (χ1) is 6.15. The van der Waals surface area contributed by atoms with Crippen LogP contribution in [0.25, 0.3) is 0 Å². The number of ether oxygens (including phenoxy) is 1. The number of Topliss-reactive ketones (excluding diaryl/α,β-unsaturated/α-hetero) is 1. The summed E-state index contributed by atoms with van der Waals surface area (Å²) in [5, 5.41) is 0. The van der Waals surface area contributed by atoms with Crippen molar-refractivity contribution in [3.63, 3.8) is 0 Å². The molecule has 1 fully saturated rings. The van der Waals surface area contributed by atoms with E-state index in [1.807, 2.05) is 0 Å². The minimum absolute atomic E-state index is 0.138. The van der Waals surface area contributed by atoms with Gasteiger partial charge in [0.05, 0.1) is 12.0 Å². The summed E-state index contributed by atoms with van der Waals surface area (Å²) in [4.78, 5) is 11.3. The van der Waals surface area contributed by atoms with Crippen LogP contribution < -0.4 is 0 Å². The lowest BCUT2D eigenvalue weighted by molar-refractivity contribution is -0.126. The molecule has 13 heavy (non-hydrogen) atoms. The first-order valence-corrected chi connectivity index (χ1v) is 5.39. The van der Waals surface area contributed by atoms with E-state index in [4.69, 9.17) is 16.3 Å². The Morgan fingerprint density at radius 3 is 2.85 bits per heavy atom. The lowest BCUT2D eigenvalue weighted by Crippen LogP contribution is -2.33. The largest absolute Gasteiger partial charge is 0.378 e. The Kier molecular flexibility index (Phi) is 4.20. The number of carbonyl (C=O) groups excluding carboxylic acids is 1. The molecule has 0 aromatic rings. The van der Waals surface area contributed by atoms with Crippen LogP contribution in [-0.2, 0) is 9.53 Å². The molecule has 2 atom stereocenters. The van der Waals surface area contributed by atoms with Gasteiger partial charge in [0.15, 0.2) is 5.78 Å². The second-order valence-electron chi connectivity index (χ2n) is 3.97. The predicted molar refractivity (Wildman–Crippen MR) is 53.0 cm³/mol. The highest BCUT2D eigenvalue weighted by atomic mass is 35.5. The fourth-order valence-corrected chi connectivity index (χ4v) is 1.91. The number of hydrogen-bond acceptors (Lipinski definition) is 2. The molecule has 2 nitrogen and oxygen atoms in total. The molecule has 1 saturated heterocycles. The molecule has 0 spiro atoms. The van der Waals surface area contributed by atoms with Crippen molar-refractivity contribution in [2.24, 2.45) is 11.8 Å². The fourth-order valence-electron chi connectivity index (χ4n) is 1.69. The van der Waals surface area contributed by atoms with Gasteiger partial charge < -0.3 is 4.74 Å². The summed E-state index contributed by atoms with van der Waals surface area (Å²) in [6.07, 6.45) is 1.93. The number of alkyl halides is 1. The number of carbonyl (C=O) groups is 1. The number of rotatable bonds is 3. The van der Waals surface area contributed by atoms with E-state index in [0.29, 0.717) is 12.5 Å². The molecule has 0 radical (unpaired) electrons. The molecule has 0 aromatic carbocycles. The molecule has 1 aliphatic rings. The van der Waals surface area contributed by atoms with E-state index in [2.05, 4.69) is 13.8 Å². The first kappa shape index (κ1) is 11.0. The topological polar surface area (TPSA) is 26.3 Å². The van der Waals surface area contributed by atoms with Gasteiger partial charge in [0.25, 0.3) is 0 Å². The second-order valence-corrected chi connectivity index (χ2v) is 4.24. The zero-order valence-electron chi connectivity index (χ0n) is 8.25. The summed E-state index contributed by atoms with van der Waals surface area (Å²) in [6.45, 7) is 4.95. The van der Waals surface area contributed by atoms with Gasteiger partial charge in [0.2, 0.25) is 0 Å². The Morgan fingerprint density at radius 2 is 2.31 bits per heavy atom. The van der Waals surface area contributed by atoms with Crippen molar-refractivity contribution in [2.75, 3.05) is 12.5 Å². The van der Waals surface area contributed by atoms with Crippen LogP contribution in [-0.4, -0.2) is 24.4 Å². The highest BCUT2D eigenvalue weighted by molar-refractivity contribution is 6.27. The summed E-state index contributed by atoms with van der Waals surface area (Å²) >= 11 is 5.52. The summed E-state index contributed by atoms with van der Waals surface area (Å²) < 4.78 is 5.57. The van der Waals surface area contributed by atoms with E-state index in [-0.39, 0.29) is 23.7 Å². The lowest BCUT2D eigenvalue weighted by atomic mass is 9.88. The van der Waals surface area contributed by atoms with Gasteiger partial charge in [-0.3, -0.25) is 4.79 Å². The van der Waals surface area contributed by atoms with Crippen molar-refractivity contribution in [3.8, 4) is 0 Å². The van der Waals surface area contributed by atoms with Gasteiger partial charge in [0, 0.05) is 12.5 Å². The van der Waals surface area contributed by atoms with E-state index >= 15 is 0 Å². The third-order valence-electron chi connectivity index (χ3n) is 2.65. The first-order valence-electron chi connectivity index (χ1n) is 4.85. The van der Waals surface area contributed by atoms with E-state index in [1.165, 1.54) is 0 Å². The monoisotopic (exact) mass is 204 g/mol. The van der Waals surface area contributed by atoms with Gasteiger partial charge in [-0.2, -0.15) is 0 Å². The molecule has 1 heterocycles. The molecular weight excluding hydrogens is 188 g/mol. The van der Waals surface area contributed by atoms with E-state index in [0.717, 1.165) is 12.8 Å². The summed E-state index contributed by atoms with van der Waals surface area (Å²) in [7, 11) is 0.